The van der Waals surface area contributed by atoms with Crippen LogP contribution in [-0.4, -0.2) is 71.5 Å². The number of methoxy groups -OCH3 is 8. The maximum Gasteiger partial charge on any atom is 0.508 e. The Hall–Kier alpha value is -5.67. The van der Waals surface area contributed by atoms with Gasteiger partial charge in [-0.25, -0.2) is 4.79 Å². The molecule has 0 saturated carbocycles. The van der Waals surface area contributed by atoms with E-state index in [9.17, 15) is 13.2 Å². The molecular formula is C41H46O13S2. The monoisotopic (exact) mass is 810 g/mol. The van der Waals surface area contributed by atoms with Gasteiger partial charge in [-0.2, -0.15) is 0 Å². The van der Waals surface area contributed by atoms with Gasteiger partial charge < -0.3 is 47.4 Å². The van der Waals surface area contributed by atoms with Crippen LogP contribution in [0.15, 0.2) is 71.5 Å². The van der Waals surface area contributed by atoms with Crippen LogP contribution in [-0.2, 0) is 55.8 Å². The molecule has 4 aromatic carbocycles. The van der Waals surface area contributed by atoms with Crippen molar-refractivity contribution >= 4 is 39.9 Å². The Bertz CT molecular complexity index is 1880. The molecule has 0 saturated heterocycles. The molecule has 4 aromatic rings. The van der Waals surface area contributed by atoms with E-state index in [1.54, 1.807) is 97.9 Å². The smallest absolute Gasteiger partial charge is 0.496 e. The van der Waals surface area contributed by atoms with Crippen LogP contribution in [0.4, 0.5) is 4.79 Å². The molecule has 0 N–H and O–H groups in total. The Labute approximate surface area is 331 Å². The van der Waals surface area contributed by atoms with Crippen molar-refractivity contribution in [2.75, 3.05) is 56.9 Å². The highest BCUT2D eigenvalue weighted by Crippen LogP contribution is 2.36. The fourth-order valence-corrected chi connectivity index (χ4v) is 7.27. The van der Waals surface area contributed by atoms with Crippen molar-refractivity contribution in [1.82, 2.24) is 0 Å². The Morgan fingerprint density at radius 3 is 1.12 bits per heavy atom. The van der Waals surface area contributed by atoms with E-state index in [1.165, 1.54) is 42.7 Å². The van der Waals surface area contributed by atoms with E-state index in [0.29, 0.717) is 68.2 Å². The zero-order valence-electron chi connectivity index (χ0n) is 32.5. The largest absolute Gasteiger partial charge is 0.508 e. The van der Waals surface area contributed by atoms with E-state index in [4.69, 9.17) is 47.4 Å². The summed E-state index contributed by atoms with van der Waals surface area (Å²) in [6.45, 7) is -0.324. The molecule has 0 spiro atoms. The maximum absolute atomic E-state index is 13.1. The molecule has 2 atom stereocenters. The fraction of sp³-hybridized carbons (Fsp3) is 0.293. The van der Waals surface area contributed by atoms with E-state index in [0.717, 1.165) is 11.1 Å². The van der Waals surface area contributed by atoms with E-state index >= 15 is 0 Å². The third-order valence-electron chi connectivity index (χ3n) is 8.28. The maximum atomic E-state index is 13.1. The Balaban J connectivity index is 1.37. The minimum Gasteiger partial charge on any atom is -0.496 e. The van der Waals surface area contributed by atoms with Crippen LogP contribution in [0.3, 0.4) is 0 Å². The molecule has 0 aliphatic rings. The number of hydrogen-bond donors (Lipinski definition) is 0. The molecule has 0 aliphatic heterocycles. The number of hydrogen-bond acceptors (Lipinski definition) is 13. The summed E-state index contributed by atoms with van der Waals surface area (Å²) in [5.41, 5.74) is 3.80. The molecule has 15 heteroatoms. The van der Waals surface area contributed by atoms with Gasteiger partial charge in [0.05, 0.1) is 101 Å². The van der Waals surface area contributed by atoms with Crippen LogP contribution in [0.25, 0.3) is 12.2 Å². The summed E-state index contributed by atoms with van der Waals surface area (Å²) < 4.78 is 80.5. The van der Waals surface area contributed by atoms with Gasteiger partial charge in [-0.3, -0.25) is 8.42 Å². The van der Waals surface area contributed by atoms with Gasteiger partial charge in [0.15, 0.2) is 0 Å². The van der Waals surface area contributed by atoms with Crippen molar-refractivity contribution in [3.8, 4) is 46.0 Å². The number of benzene rings is 4. The molecule has 0 aliphatic carbocycles. The van der Waals surface area contributed by atoms with Crippen LogP contribution >= 0.6 is 0 Å². The first kappa shape index (κ1) is 43.1. The van der Waals surface area contributed by atoms with Gasteiger partial charge in [0.25, 0.3) is 0 Å². The van der Waals surface area contributed by atoms with Crippen molar-refractivity contribution in [1.29, 1.82) is 0 Å². The fourth-order valence-electron chi connectivity index (χ4n) is 5.49. The van der Waals surface area contributed by atoms with Gasteiger partial charge >= 0.3 is 6.16 Å². The normalized spacial score (nSPS) is 12.1. The highest BCUT2D eigenvalue weighted by Gasteiger charge is 2.16. The second-order valence-corrected chi connectivity index (χ2v) is 14.3. The van der Waals surface area contributed by atoms with Crippen molar-refractivity contribution in [2.24, 2.45) is 0 Å². The molecule has 0 radical (unpaired) electrons. The second-order valence-electron chi connectivity index (χ2n) is 11.7. The molecular weight excluding hydrogens is 765 g/mol. The lowest BCUT2D eigenvalue weighted by atomic mass is 10.1. The van der Waals surface area contributed by atoms with Crippen LogP contribution in [0.2, 0.25) is 0 Å². The molecule has 0 fully saturated rings. The number of rotatable bonds is 20. The SMILES string of the molecule is COc1cc(OC)c(/C=C/S(=O)Cc2ccc(OC)c(COC(=O)OCc3cc(CS(=O)/C=C/c4c(OC)cc(OC)cc4OC)ccc3OC)c2)c(OC)c1. The van der Waals surface area contributed by atoms with E-state index < -0.39 is 27.8 Å². The zero-order valence-corrected chi connectivity index (χ0v) is 34.2. The summed E-state index contributed by atoms with van der Waals surface area (Å²) in [5.74, 6) is 4.47. The first-order valence-electron chi connectivity index (χ1n) is 16.9. The van der Waals surface area contributed by atoms with Crippen LogP contribution in [0, 0.1) is 0 Å². The quantitative estimate of drug-likeness (QED) is 0.0817. The summed E-state index contributed by atoms with van der Waals surface area (Å²) in [6.07, 6.45) is 2.43. The number of carbonyl (C=O) groups is 1. The average Bonchev–Trinajstić information content (AvgIpc) is 3.22. The third-order valence-corrected chi connectivity index (χ3v) is 10.4. The second kappa shape index (κ2) is 21.4. The molecule has 2 unspecified atom stereocenters. The van der Waals surface area contributed by atoms with Crippen LogP contribution in [0.1, 0.15) is 33.4 Å². The van der Waals surface area contributed by atoms with E-state index in [1.807, 2.05) is 0 Å². The van der Waals surface area contributed by atoms with Gasteiger partial charge in [-0.1, -0.05) is 12.1 Å². The Morgan fingerprint density at radius 1 is 0.482 bits per heavy atom. The zero-order chi connectivity index (χ0) is 40.6. The predicted molar refractivity (Wildman–Crippen MR) is 215 cm³/mol. The number of carbonyl (C=O) groups excluding carboxylic acids is 1. The average molecular weight is 811 g/mol. The van der Waals surface area contributed by atoms with Gasteiger partial charge in [0, 0.05) is 46.2 Å². The van der Waals surface area contributed by atoms with Crippen LogP contribution in [0.5, 0.6) is 46.0 Å². The highest BCUT2D eigenvalue weighted by atomic mass is 32.2. The van der Waals surface area contributed by atoms with Crippen molar-refractivity contribution in [3.05, 3.63) is 105 Å². The summed E-state index contributed by atoms with van der Waals surface area (Å²) >= 11 is 0. The minimum atomic E-state index is -1.42. The minimum absolute atomic E-state index is 0.162. The Kier molecular flexibility index (Phi) is 16.5. The first-order chi connectivity index (χ1) is 27.1. The van der Waals surface area contributed by atoms with E-state index in [2.05, 4.69) is 0 Å². The lowest BCUT2D eigenvalue weighted by Crippen LogP contribution is -2.09. The van der Waals surface area contributed by atoms with E-state index in [-0.39, 0.29) is 24.7 Å². The lowest BCUT2D eigenvalue weighted by Gasteiger charge is -2.13. The summed E-state index contributed by atoms with van der Waals surface area (Å²) in [5, 5.41) is 3.11. The summed E-state index contributed by atoms with van der Waals surface area (Å²) in [4.78, 5) is 12.7. The molecule has 0 bridgehead atoms. The summed E-state index contributed by atoms with van der Waals surface area (Å²) in [7, 11) is 9.36. The van der Waals surface area contributed by atoms with Gasteiger partial charge in [-0.15, -0.1) is 0 Å². The van der Waals surface area contributed by atoms with Gasteiger partial charge in [0.2, 0.25) is 0 Å². The molecule has 0 amide bonds. The van der Waals surface area contributed by atoms with Crippen molar-refractivity contribution < 1.29 is 60.6 Å². The predicted octanol–water partition coefficient (Wildman–Crippen LogP) is 7.45. The lowest BCUT2D eigenvalue weighted by molar-refractivity contribution is 0.0437. The molecule has 300 valence electrons. The molecule has 13 nitrogen and oxygen atoms in total. The molecule has 0 heterocycles. The highest BCUT2D eigenvalue weighted by molar-refractivity contribution is 7.87. The van der Waals surface area contributed by atoms with Crippen LogP contribution < -0.4 is 37.9 Å². The molecule has 0 aromatic heterocycles. The molecule has 4 rings (SSSR count). The first-order valence-corrected chi connectivity index (χ1v) is 19.7. The van der Waals surface area contributed by atoms with Gasteiger partial charge in [0.1, 0.15) is 59.2 Å². The molecule has 56 heavy (non-hydrogen) atoms. The third kappa shape index (κ3) is 11.7. The topological polar surface area (TPSA) is 144 Å². The summed E-state index contributed by atoms with van der Waals surface area (Å²) in [6, 6.07) is 17.4. The van der Waals surface area contributed by atoms with Crippen molar-refractivity contribution in [2.45, 2.75) is 24.7 Å². The standard InChI is InChI=1S/C41H46O13S2/c1-45-31-19-37(49-5)33(38(20-31)50-6)13-15-55(43)25-27-9-11-35(47-3)29(17-27)23-53-41(42)54-24-30-18-28(10-12-36(30)48-4)26-56(44)16-14-34-39(51-7)21-32(46-2)22-40(34)52-8/h9-22H,23-26H2,1-8H3/b15-13+,16-14+. The van der Waals surface area contributed by atoms with Crippen molar-refractivity contribution in [3.63, 3.8) is 0 Å². The Morgan fingerprint density at radius 2 is 0.821 bits per heavy atom. The van der Waals surface area contributed by atoms with Gasteiger partial charge in [-0.05, 0) is 47.5 Å². The number of ether oxygens (including phenoxy) is 10.